The predicted octanol–water partition coefficient (Wildman–Crippen LogP) is 1.98. The summed E-state index contributed by atoms with van der Waals surface area (Å²) in [5.41, 5.74) is 2.95. The molecule has 106 valence electrons. The highest BCUT2D eigenvalue weighted by molar-refractivity contribution is 7.12. The number of rotatable bonds is 4. The molecule has 0 fully saturated rings. The normalized spacial score (nSPS) is 10.6. The maximum absolute atomic E-state index is 12.0. The highest BCUT2D eigenvalue weighted by atomic mass is 32.1. The number of carboxylic acid groups (broad SMARTS) is 1. The van der Waals surface area contributed by atoms with Gasteiger partial charge in [-0.15, -0.1) is 11.3 Å². The molecule has 2 N–H and O–H groups in total. The standard InChI is InChI=1S/C13H15N3O3S/c1-7-9(8(2)16(3)15-7)6-11(17)14-10-4-5-20-12(10)13(18)19/h4-5H,6H2,1-3H3,(H,14,17)(H,18,19). The van der Waals surface area contributed by atoms with E-state index in [2.05, 4.69) is 10.4 Å². The number of anilines is 1. The Kier molecular flexibility index (Phi) is 3.89. The molecule has 0 saturated heterocycles. The van der Waals surface area contributed by atoms with E-state index in [1.54, 1.807) is 16.1 Å². The molecule has 2 aromatic rings. The van der Waals surface area contributed by atoms with Crippen LogP contribution < -0.4 is 5.32 Å². The van der Waals surface area contributed by atoms with Crippen molar-refractivity contribution in [3.8, 4) is 0 Å². The van der Waals surface area contributed by atoms with Gasteiger partial charge in [-0.25, -0.2) is 4.79 Å². The Morgan fingerprint density at radius 1 is 1.45 bits per heavy atom. The summed E-state index contributed by atoms with van der Waals surface area (Å²) in [6.45, 7) is 3.75. The fraction of sp³-hybridized carbons (Fsp3) is 0.308. The molecule has 0 aliphatic carbocycles. The van der Waals surface area contributed by atoms with Crippen molar-refractivity contribution >= 4 is 28.9 Å². The Morgan fingerprint density at radius 3 is 2.70 bits per heavy atom. The number of amides is 1. The van der Waals surface area contributed by atoms with Crippen molar-refractivity contribution in [2.75, 3.05) is 5.32 Å². The highest BCUT2D eigenvalue weighted by Crippen LogP contribution is 2.22. The molecule has 0 atom stereocenters. The van der Waals surface area contributed by atoms with Gasteiger partial charge in [0.05, 0.1) is 17.8 Å². The first-order valence-electron chi connectivity index (χ1n) is 6.00. The van der Waals surface area contributed by atoms with Gasteiger partial charge in [-0.05, 0) is 25.3 Å². The Balaban J connectivity index is 2.13. The van der Waals surface area contributed by atoms with Crippen LogP contribution in [0.15, 0.2) is 11.4 Å². The molecule has 0 aliphatic rings. The van der Waals surface area contributed by atoms with Gasteiger partial charge < -0.3 is 10.4 Å². The van der Waals surface area contributed by atoms with Crippen LogP contribution in [0.3, 0.4) is 0 Å². The van der Waals surface area contributed by atoms with E-state index in [0.717, 1.165) is 28.3 Å². The number of aromatic carboxylic acids is 1. The first-order chi connectivity index (χ1) is 9.40. The number of aromatic nitrogens is 2. The molecular formula is C13H15N3O3S. The molecule has 0 aromatic carbocycles. The number of hydrogen-bond acceptors (Lipinski definition) is 4. The van der Waals surface area contributed by atoms with E-state index in [0.29, 0.717) is 5.69 Å². The minimum Gasteiger partial charge on any atom is -0.477 e. The number of thiophene rings is 1. The quantitative estimate of drug-likeness (QED) is 0.902. The number of aryl methyl sites for hydroxylation is 2. The van der Waals surface area contributed by atoms with Crippen LogP contribution in [0.4, 0.5) is 5.69 Å². The maximum atomic E-state index is 12.0. The lowest BCUT2D eigenvalue weighted by molar-refractivity contribution is -0.115. The van der Waals surface area contributed by atoms with Crippen molar-refractivity contribution in [3.63, 3.8) is 0 Å². The number of carboxylic acids is 1. The Bertz CT molecular complexity index is 672. The second kappa shape index (κ2) is 5.46. The number of carbonyl (C=O) groups is 2. The van der Waals surface area contributed by atoms with E-state index < -0.39 is 5.97 Å². The van der Waals surface area contributed by atoms with Crippen LogP contribution in [-0.2, 0) is 18.3 Å². The molecule has 2 aromatic heterocycles. The second-order valence-electron chi connectivity index (χ2n) is 4.47. The van der Waals surface area contributed by atoms with Crippen LogP contribution in [0.1, 0.15) is 26.6 Å². The Hall–Kier alpha value is -2.15. The lowest BCUT2D eigenvalue weighted by Crippen LogP contribution is -2.16. The van der Waals surface area contributed by atoms with E-state index in [-0.39, 0.29) is 17.2 Å². The number of carbonyl (C=O) groups excluding carboxylic acids is 1. The SMILES string of the molecule is Cc1nn(C)c(C)c1CC(=O)Nc1ccsc1C(=O)O. The van der Waals surface area contributed by atoms with Crippen molar-refractivity contribution in [1.82, 2.24) is 9.78 Å². The van der Waals surface area contributed by atoms with E-state index in [1.165, 1.54) is 0 Å². The van der Waals surface area contributed by atoms with Gasteiger partial charge in [-0.3, -0.25) is 9.48 Å². The van der Waals surface area contributed by atoms with Gasteiger partial charge in [-0.1, -0.05) is 0 Å². The molecule has 2 heterocycles. The van der Waals surface area contributed by atoms with Crippen LogP contribution in [0.25, 0.3) is 0 Å². The van der Waals surface area contributed by atoms with E-state index >= 15 is 0 Å². The van der Waals surface area contributed by atoms with Crippen molar-refractivity contribution < 1.29 is 14.7 Å². The van der Waals surface area contributed by atoms with Crippen LogP contribution in [-0.4, -0.2) is 26.8 Å². The van der Waals surface area contributed by atoms with Crippen molar-refractivity contribution in [2.24, 2.45) is 7.05 Å². The first kappa shape index (κ1) is 14.3. The summed E-state index contributed by atoms with van der Waals surface area (Å²) >= 11 is 1.09. The van der Waals surface area contributed by atoms with Gasteiger partial charge in [0.1, 0.15) is 4.88 Å². The van der Waals surface area contributed by atoms with Crippen LogP contribution in [0, 0.1) is 13.8 Å². The third-order valence-corrected chi connectivity index (χ3v) is 4.03. The molecule has 7 heteroatoms. The smallest absolute Gasteiger partial charge is 0.348 e. The van der Waals surface area contributed by atoms with Crippen molar-refractivity contribution in [2.45, 2.75) is 20.3 Å². The molecule has 2 rings (SSSR count). The molecule has 0 bridgehead atoms. The minimum absolute atomic E-state index is 0.137. The molecule has 0 aliphatic heterocycles. The van der Waals surface area contributed by atoms with Crippen molar-refractivity contribution in [1.29, 1.82) is 0 Å². The zero-order valence-electron chi connectivity index (χ0n) is 11.4. The summed E-state index contributed by atoms with van der Waals surface area (Å²) in [5.74, 6) is -1.28. The van der Waals surface area contributed by atoms with Gasteiger partial charge in [0.25, 0.3) is 0 Å². The molecule has 0 radical (unpaired) electrons. The van der Waals surface area contributed by atoms with E-state index in [9.17, 15) is 9.59 Å². The van der Waals surface area contributed by atoms with Gasteiger partial charge in [0.15, 0.2) is 0 Å². The summed E-state index contributed by atoms with van der Waals surface area (Å²) < 4.78 is 1.73. The molecule has 20 heavy (non-hydrogen) atoms. The number of hydrogen-bond donors (Lipinski definition) is 2. The first-order valence-corrected chi connectivity index (χ1v) is 6.87. The summed E-state index contributed by atoms with van der Waals surface area (Å²) in [4.78, 5) is 23.1. The van der Waals surface area contributed by atoms with Crippen LogP contribution in [0.5, 0.6) is 0 Å². The van der Waals surface area contributed by atoms with Gasteiger partial charge in [0, 0.05) is 18.3 Å². The van der Waals surface area contributed by atoms with E-state index in [4.69, 9.17) is 5.11 Å². The monoisotopic (exact) mass is 293 g/mol. The minimum atomic E-state index is -1.04. The third kappa shape index (κ3) is 2.72. The third-order valence-electron chi connectivity index (χ3n) is 3.13. The lowest BCUT2D eigenvalue weighted by atomic mass is 10.1. The average molecular weight is 293 g/mol. The predicted molar refractivity (Wildman–Crippen MR) is 76.3 cm³/mol. The second-order valence-corrected chi connectivity index (χ2v) is 5.38. The lowest BCUT2D eigenvalue weighted by Gasteiger charge is -2.05. The summed E-state index contributed by atoms with van der Waals surface area (Å²) in [6, 6.07) is 1.59. The molecule has 6 nitrogen and oxygen atoms in total. The van der Waals surface area contributed by atoms with Gasteiger partial charge in [-0.2, -0.15) is 5.10 Å². The molecule has 0 unspecified atom stereocenters. The zero-order valence-corrected chi connectivity index (χ0v) is 12.2. The topological polar surface area (TPSA) is 84.2 Å². The molecule has 0 spiro atoms. The van der Waals surface area contributed by atoms with Crippen LogP contribution >= 0.6 is 11.3 Å². The maximum Gasteiger partial charge on any atom is 0.348 e. The summed E-state index contributed by atoms with van der Waals surface area (Å²) in [5, 5.41) is 17.5. The summed E-state index contributed by atoms with van der Waals surface area (Å²) in [6.07, 6.45) is 0.181. The van der Waals surface area contributed by atoms with Gasteiger partial charge >= 0.3 is 5.97 Å². The van der Waals surface area contributed by atoms with Gasteiger partial charge in [0.2, 0.25) is 5.91 Å². The Labute approximate surface area is 120 Å². The number of nitrogens with one attached hydrogen (secondary N) is 1. The highest BCUT2D eigenvalue weighted by Gasteiger charge is 2.17. The largest absolute Gasteiger partial charge is 0.477 e. The summed E-state index contributed by atoms with van der Waals surface area (Å²) in [7, 11) is 1.82. The zero-order chi connectivity index (χ0) is 14.9. The molecule has 1 amide bonds. The fourth-order valence-electron chi connectivity index (χ4n) is 2.00. The average Bonchev–Trinajstić information content (AvgIpc) is 2.90. The fourth-order valence-corrected chi connectivity index (χ4v) is 2.69. The van der Waals surface area contributed by atoms with Crippen LogP contribution in [0.2, 0.25) is 0 Å². The number of nitrogens with zero attached hydrogens (tertiary/aromatic N) is 2. The molecular weight excluding hydrogens is 278 g/mol. The Morgan fingerprint density at radius 2 is 2.15 bits per heavy atom. The van der Waals surface area contributed by atoms with E-state index in [1.807, 2.05) is 20.9 Å². The van der Waals surface area contributed by atoms with Crippen molar-refractivity contribution in [3.05, 3.63) is 33.3 Å². The molecule has 0 saturated carbocycles.